The molecule has 1 aliphatic carbocycles. The fourth-order valence-corrected chi connectivity index (χ4v) is 3.68. The van der Waals surface area contributed by atoms with Gasteiger partial charge in [-0.2, -0.15) is 0 Å². The van der Waals surface area contributed by atoms with E-state index in [2.05, 4.69) is 66.3 Å². The summed E-state index contributed by atoms with van der Waals surface area (Å²) in [4.78, 5) is 0. The molecule has 0 spiro atoms. The molecule has 0 radical (unpaired) electrons. The minimum Gasteiger partial charge on any atom is -0.349 e. The molecular weight excluding hydrogens is 256 g/mol. The summed E-state index contributed by atoms with van der Waals surface area (Å²) >= 11 is 0. The van der Waals surface area contributed by atoms with E-state index < -0.39 is 0 Å². The molecule has 2 heteroatoms. The van der Waals surface area contributed by atoms with E-state index >= 15 is 0 Å². The van der Waals surface area contributed by atoms with Gasteiger partial charge in [0.1, 0.15) is 0 Å². The van der Waals surface area contributed by atoms with Crippen molar-refractivity contribution in [3.05, 3.63) is 59.4 Å². The number of hydrogen-bond donors (Lipinski definition) is 1. The zero-order chi connectivity index (χ0) is 14.7. The van der Waals surface area contributed by atoms with Crippen molar-refractivity contribution in [3.63, 3.8) is 0 Å². The number of benzene rings is 1. The Kier molecular flexibility index (Phi) is 4.45. The molecule has 21 heavy (non-hydrogen) atoms. The van der Waals surface area contributed by atoms with Gasteiger partial charge >= 0.3 is 0 Å². The highest BCUT2D eigenvalue weighted by molar-refractivity contribution is 5.32. The van der Waals surface area contributed by atoms with Crippen LogP contribution in [0, 0.1) is 0 Å². The minimum atomic E-state index is 0.420. The van der Waals surface area contributed by atoms with E-state index in [4.69, 9.17) is 0 Å². The molecule has 0 aliphatic heterocycles. The Hall–Kier alpha value is -1.54. The molecule has 1 aromatic carbocycles. The van der Waals surface area contributed by atoms with Gasteiger partial charge in [-0.1, -0.05) is 31.2 Å². The number of nitrogens with one attached hydrogen (secondary N) is 1. The predicted octanol–water partition coefficient (Wildman–Crippen LogP) is 4.28. The van der Waals surface area contributed by atoms with E-state index in [0.29, 0.717) is 12.0 Å². The van der Waals surface area contributed by atoms with Crippen LogP contribution in [0.5, 0.6) is 0 Å². The summed E-state index contributed by atoms with van der Waals surface area (Å²) in [6.45, 7) is 6.54. The lowest BCUT2D eigenvalue weighted by molar-refractivity contribution is 0.458. The molecule has 0 saturated heterocycles. The molecule has 2 unspecified atom stereocenters. The second-order valence-corrected chi connectivity index (χ2v) is 6.15. The first kappa shape index (κ1) is 14.4. The zero-order valence-corrected chi connectivity index (χ0v) is 13.2. The SMILES string of the molecule is CCNC(C)c1cccn1CC1CCCc2ccccc21. The van der Waals surface area contributed by atoms with Crippen molar-refractivity contribution < 1.29 is 0 Å². The van der Waals surface area contributed by atoms with Crippen LogP contribution in [0.3, 0.4) is 0 Å². The molecule has 112 valence electrons. The van der Waals surface area contributed by atoms with E-state index in [9.17, 15) is 0 Å². The molecule has 1 heterocycles. The fraction of sp³-hybridized carbons (Fsp3) is 0.474. The highest BCUT2D eigenvalue weighted by Crippen LogP contribution is 2.33. The van der Waals surface area contributed by atoms with Crippen molar-refractivity contribution in [2.75, 3.05) is 6.54 Å². The van der Waals surface area contributed by atoms with Gasteiger partial charge in [0.25, 0.3) is 0 Å². The number of hydrogen-bond acceptors (Lipinski definition) is 1. The lowest BCUT2D eigenvalue weighted by Crippen LogP contribution is -2.22. The van der Waals surface area contributed by atoms with Gasteiger partial charge in [-0.05, 0) is 56.0 Å². The summed E-state index contributed by atoms with van der Waals surface area (Å²) in [6, 6.07) is 13.9. The predicted molar refractivity (Wildman–Crippen MR) is 88.6 cm³/mol. The summed E-state index contributed by atoms with van der Waals surface area (Å²) in [5.41, 5.74) is 4.53. The van der Waals surface area contributed by atoms with Crippen molar-refractivity contribution in [1.29, 1.82) is 0 Å². The van der Waals surface area contributed by atoms with Gasteiger partial charge in [-0.15, -0.1) is 0 Å². The highest BCUT2D eigenvalue weighted by atomic mass is 15.0. The molecule has 1 N–H and O–H groups in total. The maximum absolute atomic E-state index is 3.52. The lowest BCUT2D eigenvalue weighted by Gasteiger charge is -2.27. The Labute approximate surface area is 128 Å². The van der Waals surface area contributed by atoms with Crippen LogP contribution >= 0.6 is 0 Å². The third-order valence-electron chi connectivity index (χ3n) is 4.73. The molecule has 3 rings (SSSR count). The van der Waals surface area contributed by atoms with Crippen LogP contribution < -0.4 is 5.32 Å². The number of aromatic nitrogens is 1. The molecule has 2 aromatic rings. The van der Waals surface area contributed by atoms with Gasteiger partial charge < -0.3 is 9.88 Å². The van der Waals surface area contributed by atoms with Gasteiger partial charge in [0.05, 0.1) is 0 Å². The number of nitrogens with zero attached hydrogens (tertiary/aromatic N) is 1. The Morgan fingerprint density at radius 1 is 1.24 bits per heavy atom. The first-order chi connectivity index (χ1) is 10.3. The van der Waals surface area contributed by atoms with Gasteiger partial charge in [0, 0.05) is 30.4 Å². The van der Waals surface area contributed by atoms with Gasteiger partial charge in [0.15, 0.2) is 0 Å². The molecule has 0 bridgehead atoms. The first-order valence-electron chi connectivity index (χ1n) is 8.25. The van der Waals surface area contributed by atoms with Crippen LogP contribution in [0.2, 0.25) is 0 Å². The summed E-state index contributed by atoms with van der Waals surface area (Å²) in [5, 5.41) is 3.52. The molecule has 0 amide bonds. The third kappa shape index (κ3) is 3.06. The van der Waals surface area contributed by atoms with Crippen molar-refractivity contribution >= 4 is 0 Å². The number of aryl methyl sites for hydroxylation is 1. The summed E-state index contributed by atoms with van der Waals surface area (Å²) in [5.74, 6) is 0.662. The average Bonchev–Trinajstić information content (AvgIpc) is 2.96. The van der Waals surface area contributed by atoms with Gasteiger partial charge in [0.2, 0.25) is 0 Å². The monoisotopic (exact) mass is 282 g/mol. The molecule has 2 atom stereocenters. The largest absolute Gasteiger partial charge is 0.349 e. The number of fused-ring (bicyclic) bond motifs is 1. The summed E-state index contributed by atoms with van der Waals surface area (Å²) < 4.78 is 2.44. The van der Waals surface area contributed by atoms with E-state index in [1.807, 2.05) is 0 Å². The van der Waals surface area contributed by atoms with Crippen LogP contribution in [0.15, 0.2) is 42.6 Å². The normalized spacial score (nSPS) is 19.2. The number of rotatable bonds is 5. The Morgan fingerprint density at radius 3 is 2.95 bits per heavy atom. The maximum Gasteiger partial charge on any atom is 0.0446 e. The van der Waals surface area contributed by atoms with Crippen molar-refractivity contribution in [2.45, 2.75) is 51.6 Å². The minimum absolute atomic E-state index is 0.420. The van der Waals surface area contributed by atoms with E-state index in [0.717, 1.165) is 13.1 Å². The van der Waals surface area contributed by atoms with Crippen LogP contribution in [0.1, 0.15) is 55.5 Å². The fourth-order valence-electron chi connectivity index (χ4n) is 3.68. The van der Waals surface area contributed by atoms with Crippen LogP contribution in [-0.4, -0.2) is 11.1 Å². The van der Waals surface area contributed by atoms with Crippen molar-refractivity contribution in [1.82, 2.24) is 9.88 Å². The highest BCUT2D eigenvalue weighted by Gasteiger charge is 2.21. The second-order valence-electron chi connectivity index (χ2n) is 6.15. The van der Waals surface area contributed by atoms with E-state index in [1.54, 1.807) is 11.1 Å². The molecule has 0 saturated carbocycles. The standard InChI is InChI=1S/C19H26N2/c1-3-20-15(2)19-12-7-13-21(19)14-17-10-6-9-16-8-4-5-11-18(16)17/h4-5,7-8,11-13,15,17,20H,3,6,9-10,14H2,1-2H3. The summed E-state index contributed by atoms with van der Waals surface area (Å²) in [6.07, 6.45) is 6.12. The Bertz CT molecular complexity index is 585. The molecular formula is C19H26N2. The maximum atomic E-state index is 3.52. The van der Waals surface area contributed by atoms with E-state index in [1.165, 1.54) is 25.0 Å². The molecule has 1 aromatic heterocycles. The lowest BCUT2D eigenvalue weighted by atomic mass is 9.83. The zero-order valence-electron chi connectivity index (χ0n) is 13.2. The van der Waals surface area contributed by atoms with Crippen LogP contribution in [0.4, 0.5) is 0 Å². The first-order valence-corrected chi connectivity index (χ1v) is 8.25. The average molecular weight is 282 g/mol. The van der Waals surface area contributed by atoms with Crippen LogP contribution in [0.25, 0.3) is 0 Å². The molecule has 0 fully saturated rings. The molecule has 2 nitrogen and oxygen atoms in total. The van der Waals surface area contributed by atoms with Crippen molar-refractivity contribution in [2.24, 2.45) is 0 Å². The second kappa shape index (κ2) is 6.48. The van der Waals surface area contributed by atoms with Crippen LogP contribution in [-0.2, 0) is 13.0 Å². The van der Waals surface area contributed by atoms with Gasteiger partial charge in [-0.3, -0.25) is 0 Å². The quantitative estimate of drug-likeness (QED) is 0.866. The molecule has 1 aliphatic rings. The Morgan fingerprint density at radius 2 is 2.10 bits per heavy atom. The topological polar surface area (TPSA) is 17.0 Å². The van der Waals surface area contributed by atoms with Crippen molar-refractivity contribution in [3.8, 4) is 0 Å². The van der Waals surface area contributed by atoms with Gasteiger partial charge in [-0.25, -0.2) is 0 Å². The van der Waals surface area contributed by atoms with E-state index in [-0.39, 0.29) is 0 Å². The summed E-state index contributed by atoms with van der Waals surface area (Å²) in [7, 11) is 0. The Balaban J connectivity index is 1.81. The smallest absolute Gasteiger partial charge is 0.0446 e. The third-order valence-corrected chi connectivity index (χ3v) is 4.73.